The van der Waals surface area contributed by atoms with E-state index in [4.69, 9.17) is 0 Å². The van der Waals surface area contributed by atoms with Crippen molar-refractivity contribution >= 4 is 22.6 Å². The molecule has 0 saturated heterocycles. The van der Waals surface area contributed by atoms with Gasteiger partial charge in [0.1, 0.15) is 5.82 Å². The zero-order valence-corrected chi connectivity index (χ0v) is 11.6. The molecule has 1 atom stereocenters. The fraction of sp³-hybridized carbons (Fsp3) is 0.133. The highest BCUT2D eigenvalue weighted by atomic mass is 32.2. The van der Waals surface area contributed by atoms with Crippen molar-refractivity contribution in [2.45, 2.75) is 5.25 Å². The van der Waals surface area contributed by atoms with Crippen LogP contribution >= 0.6 is 11.8 Å². The van der Waals surface area contributed by atoms with E-state index in [1.165, 1.54) is 11.8 Å². The van der Waals surface area contributed by atoms with Crippen LogP contribution in [0.3, 0.4) is 0 Å². The Morgan fingerprint density at radius 2 is 1.71 bits per heavy atom. The normalized spacial score (nSPS) is 17.7. The van der Waals surface area contributed by atoms with Crippen molar-refractivity contribution in [3.05, 3.63) is 65.5 Å². The maximum atomic E-state index is 13.6. The summed E-state index contributed by atoms with van der Waals surface area (Å²) in [6.07, 6.45) is 0. The van der Waals surface area contributed by atoms with Gasteiger partial charge in [0, 0.05) is 12.1 Å². The quantitative estimate of drug-likeness (QED) is 0.834. The first-order valence-corrected chi connectivity index (χ1v) is 7.19. The number of amidine groups is 1. The number of rotatable bonds is 2. The van der Waals surface area contributed by atoms with Crippen LogP contribution in [0.4, 0.5) is 18.9 Å². The van der Waals surface area contributed by atoms with Gasteiger partial charge in [-0.15, -0.1) is 0 Å². The number of anilines is 1. The minimum Gasteiger partial charge on any atom is -0.332 e. The van der Waals surface area contributed by atoms with Gasteiger partial charge in [0.15, 0.2) is 16.8 Å². The fourth-order valence-electron chi connectivity index (χ4n) is 2.02. The monoisotopic (exact) mass is 308 g/mol. The van der Waals surface area contributed by atoms with Crippen molar-refractivity contribution in [1.82, 2.24) is 0 Å². The largest absolute Gasteiger partial charge is 0.332 e. The first kappa shape index (κ1) is 14.0. The molecule has 0 amide bonds. The molecule has 108 valence electrons. The minimum absolute atomic E-state index is 0.117. The number of thioether (sulfide) groups is 1. The molecule has 0 aromatic heterocycles. The second-order valence-corrected chi connectivity index (χ2v) is 5.73. The summed E-state index contributed by atoms with van der Waals surface area (Å²) in [5.41, 5.74) is 1.00. The summed E-state index contributed by atoms with van der Waals surface area (Å²) in [7, 11) is 0. The van der Waals surface area contributed by atoms with Gasteiger partial charge in [-0.2, -0.15) is 0 Å². The third-order valence-electron chi connectivity index (χ3n) is 3.08. The second kappa shape index (κ2) is 5.81. The van der Waals surface area contributed by atoms with Crippen LogP contribution in [-0.4, -0.2) is 11.7 Å². The van der Waals surface area contributed by atoms with Crippen LogP contribution in [0.15, 0.2) is 47.5 Å². The summed E-state index contributed by atoms with van der Waals surface area (Å²) in [6.45, 7) is 0.558. The van der Waals surface area contributed by atoms with Gasteiger partial charge in [-0.05, 0) is 5.56 Å². The summed E-state index contributed by atoms with van der Waals surface area (Å²) in [6, 6.07) is 11.1. The van der Waals surface area contributed by atoms with E-state index in [1.807, 2.05) is 30.3 Å². The van der Waals surface area contributed by atoms with E-state index in [0.29, 0.717) is 17.8 Å². The first-order valence-electron chi connectivity index (χ1n) is 6.31. The lowest BCUT2D eigenvalue weighted by molar-refractivity contribution is 0.496. The van der Waals surface area contributed by atoms with Crippen molar-refractivity contribution in [2.75, 3.05) is 11.9 Å². The first-order chi connectivity index (χ1) is 10.1. The summed E-state index contributed by atoms with van der Waals surface area (Å²) >= 11 is 1.43. The maximum Gasteiger partial charge on any atom is 0.161 e. The lowest BCUT2D eigenvalue weighted by atomic mass is 10.1. The molecule has 2 aromatic carbocycles. The smallest absolute Gasteiger partial charge is 0.161 e. The molecule has 1 heterocycles. The molecule has 1 unspecified atom stereocenters. The molecular weight excluding hydrogens is 297 g/mol. The van der Waals surface area contributed by atoms with Gasteiger partial charge < -0.3 is 5.32 Å². The van der Waals surface area contributed by atoms with Gasteiger partial charge in [-0.25, -0.2) is 13.2 Å². The Labute approximate surface area is 124 Å². The molecule has 6 heteroatoms. The van der Waals surface area contributed by atoms with E-state index >= 15 is 0 Å². The SMILES string of the molecule is Fc1cc(F)c(NC2=NCC(c3ccccc3)S2)cc1F. The molecular formula is C15H11F3N2S. The molecule has 2 nitrogen and oxygen atoms in total. The lowest BCUT2D eigenvalue weighted by Gasteiger charge is -2.10. The molecule has 1 N–H and O–H groups in total. The maximum absolute atomic E-state index is 13.6. The zero-order chi connectivity index (χ0) is 14.8. The molecule has 2 aromatic rings. The van der Waals surface area contributed by atoms with E-state index in [9.17, 15) is 13.2 Å². The van der Waals surface area contributed by atoms with Crippen molar-refractivity contribution in [3.8, 4) is 0 Å². The van der Waals surface area contributed by atoms with Crippen LogP contribution in [0.2, 0.25) is 0 Å². The van der Waals surface area contributed by atoms with Crippen LogP contribution < -0.4 is 5.32 Å². The van der Waals surface area contributed by atoms with Gasteiger partial charge >= 0.3 is 0 Å². The van der Waals surface area contributed by atoms with Crippen LogP contribution in [0.25, 0.3) is 0 Å². The topological polar surface area (TPSA) is 24.4 Å². The number of hydrogen-bond donors (Lipinski definition) is 1. The zero-order valence-electron chi connectivity index (χ0n) is 10.8. The van der Waals surface area contributed by atoms with Crippen LogP contribution in [-0.2, 0) is 0 Å². The Kier molecular flexibility index (Phi) is 3.88. The van der Waals surface area contributed by atoms with Gasteiger partial charge in [-0.1, -0.05) is 42.1 Å². The van der Waals surface area contributed by atoms with E-state index < -0.39 is 17.5 Å². The number of nitrogens with one attached hydrogen (secondary N) is 1. The highest BCUT2D eigenvalue weighted by Crippen LogP contribution is 2.35. The fourth-order valence-corrected chi connectivity index (χ4v) is 3.05. The lowest BCUT2D eigenvalue weighted by Crippen LogP contribution is -2.08. The van der Waals surface area contributed by atoms with Crippen molar-refractivity contribution in [2.24, 2.45) is 4.99 Å². The van der Waals surface area contributed by atoms with E-state index in [0.717, 1.165) is 11.6 Å². The van der Waals surface area contributed by atoms with Crippen LogP contribution in [0.1, 0.15) is 10.8 Å². The summed E-state index contributed by atoms with van der Waals surface area (Å²) < 4.78 is 39.6. The number of aliphatic imine (C=N–C) groups is 1. The Bertz CT molecular complexity index is 689. The van der Waals surface area contributed by atoms with Gasteiger partial charge in [0.2, 0.25) is 0 Å². The molecule has 1 aliphatic rings. The highest BCUT2D eigenvalue weighted by molar-refractivity contribution is 8.14. The Morgan fingerprint density at radius 1 is 1.00 bits per heavy atom. The van der Waals surface area contributed by atoms with E-state index in [-0.39, 0.29) is 10.9 Å². The molecule has 0 radical (unpaired) electrons. The number of nitrogens with zero attached hydrogens (tertiary/aromatic N) is 1. The Hall–Kier alpha value is -1.95. The van der Waals surface area contributed by atoms with E-state index in [1.54, 1.807) is 0 Å². The molecule has 0 bridgehead atoms. The summed E-state index contributed by atoms with van der Waals surface area (Å²) in [5, 5.41) is 3.34. The Morgan fingerprint density at radius 3 is 2.48 bits per heavy atom. The average molecular weight is 308 g/mol. The third-order valence-corrected chi connectivity index (χ3v) is 4.24. The number of halogens is 3. The van der Waals surface area contributed by atoms with Gasteiger partial charge in [0.05, 0.1) is 17.5 Å². The molecule has 21 heavy (non-hydrogen) atoms. The molecule has 0 saturated carbocycles. The van der Waals surface area contributed by atoms with Gasteiger partial charge in [-0.3, -0.25) is 4.99 Å². The summed E-state index contributed by atoms with van der Waals surface area (Å²) in [4.78, 5) is 4.27. The molecule has 0 aliphatic carbocycles. The standard InChI is InChI=1S/C15H11F3N2S/c16-10-6-12(18)13(7-11(10)17)20-15-19-8-14(21-15)9-4-2-1-3-5-9/h1-7,14H,8H2,(H,19,20). The van der Waals surface area contributed by atoms with E-state index in [2.05, 4.69) is 10.3 Å². The number of benzene rings is 2. The minimum atomic E-state index is -1.21. The summed E-state index contributed by atoms with van der Waals surface area (Å²) in [5.74, 6) is -3.15. The van der Waals surface area contributed by atoms with Crippen molar-refractivity contribution in [1.29, 1.82) is 0 Å². The van der Waals surface area contributed by atoms with Crippen LogP contribution in [0, 0.1) is 17.5 Å². The average Bonchev–Trinajstić information content (AvgIpc) is 2.94. The number of hydrogen-bond acceptors (Lipinski definition) is 3. The third kappa shape index (κ3) is 3.05. The molecule has 0 spiro atoms. The molecule has 3 rings (SSSR count). The predicted molar refractivity (Wildman–Crippen MR) is 79.0 cm³/mol. The van der Waals surface area contributed by atoms with Crippen molar-refractivity contribution < 1.29 is 13.2 Å². The van der Waals surface area contributed by atoms with Gasteiger partial charge in [0.25, 0.3) is 0 Å². The van der Waals surface area contributed by atoms with Crippen LogP contribution in [0.5, 0.6) is 0 Å². The highest BCUT2D eigenvalue weighted by Gasteiger charge is 2.22. The Balaban J connectivity index is 1.72. The van der Waals surface area contributed by atoms with Crippen molar-refractivity contribution in [3.63, 3.8) is 0 Å². The molecule has 0 fully saturated rings. The predicted octanol–water partition coefficient (Wildman–Crippen LogP) is 4.36. The second-order valence-electron chi connectivity index (χ2n) is 4.53. The molecule has 1 aliphatic heterocycles.